The van der Waals surface area contributed by atoms with Crippen molar-refractivity contribution >= 4 is 15.1 Å². The highest BCUT2D eigenvalue weighted by Gasteiger charge is 2.33. The van der Waals surface area contributed by atoms with Crippen molar-refractivity contribution in [3.63, 3.8) is 0 Å². The second-order valence-electron chi connectivity index (χ2n) is 5.88. The number of hydrogen-bond acceptors (Lipinski definition) is 1. The molecule has 0 heterocycles. The number of hydrogen-bond donors (Lipinski definition) is 0. The maximum atomic E-state index is 6.21. The Bertz CT molecular complexity index is 440. The third kappa shape index (κ3) is 2.53. The van der Waals surface area contributed by atoms with Gasteiger partial charge in [-0.2, -0.15) is 0 Å². The summed E-state index contributed by atoms with van der Waals surface area (Å²) in [6.07, 6.45) is 2.49. The summed E-state index contributed by atoms with van der Waals surface area (Å²) in [7, 11) is -0.692. The Morgan fingerprint density at radius 3 is 2.35 bits per heavy atom. The Kier molecular flexibility index (Phi) is 3.28. The molecular weight excluding hydrogens is 224 g/mol. The van der Waals surface area contributed by atoms with Crippen LogP contribution in [0.5, 0.6) is 0 Å². The van der Waals surface area contributed by atoms with Gasteiger partial charge in [-0.05, 0) is 35.2 Å². The van der Waals surface area contributed by atoms with Crippen LogP contribution in [0.3, 0.4) is 0 Å². The summed E-state index contributed by atoms with van der Waals surface area (Å²) in [6, 6.07) is 8.58. The average Bonchev–Trinajstić information content (AvgIpc) is 2.56. The molecule has 0 saturated heterocycles. The van der Waals surface area contributed by atoms with Gasteiger partial charge in [-0.25, -0.2) is 0 Å². The van der Waals surface area contributed by atoms with Crippen LogP contribution in [0.25, 0.3) is 6.08 Å². The minimum atomic E-state index is -0.692. The van der Waals surface area contributed by atoms with Gasteiger partial charge in [0.1, 0.15) is 0 Å². The Balaban J connectivity index is 2.41. The highest BCUT2D eigenvalue weighted by molar-refractivity contribution is 6.48. The Labute approximate surface area is 106 Å². The molecule has 0 fully saturated rings. The van der Waals surface area contributed by atoms with Gasteiger partial charge in [0.05, 0.1) is 6.10 Å². The number of benzene rings is 1. The number of rotatable bonds is 2. The van der Waals surface area contributed by atoms with E-state index in [2.05, 4.69) is 64.2 Å². The van der Waals surface area contributed by atoms with E-state index in [9.17, 15) is 0 Å². The van der Waals surface area contributed by atoms with Crippen molar-refractivity contribution in [1.29, 1.82) is 0 Å². The van der Waals surface area contributed by atoms with Crippen LogP contribution in [0.1, 0.15) is 38.0 Å². The Hall–Kier alpha value is -0.863. The monoisotopic (exact) mass is 245 g/mol. The maximum Gasteiger partial charge on any atom is 0.206 e. The smallest absolute Gasteiger partial charge is 0.206 e. The lowest BCUT2D eigenvalue weighted by molar-refractivity contribution is 0.222. The lowest BCUT2D eigenvalue weighted by Gasteiger charge is -2.28. The largest absolute Gasteiger partial charge is 0.407 e. The van der Waals surface area contributed by atoms with Crippen LogP contribution >= 0.6 is 0 Å². The van der Waals surface area contributed by atoms with Crippen LogP contribution in [0.4, 0.5) is 0 Å². The van der Waals surface area contributed by atoms with E-state index in [0.29, 0.717) is 0 Å². The van der Waals surface area contributed by atoms with Crippen molar-refractivity contribution in [2.24, 2.45) is 5.41 Å². The van der Waals surface area contributed by atoms with Gasteiger partial charge in [0.25, 0.3) is 0 Å². The van der Waals surface area contributed by atoms with E-state index < -0.39 is 9.04 Å². The molecule has 0 saturated carbocycles. The highest BCUT2D eigenvalue weighted by Crippen LogP contribution is 2.45. The van der Waals surface area contributed by atoms with Crippen molar-refractivity contribution < 1.29 is 4.43 Å². The van der Waals surface area contributed by atoms with Crippen LogP contribution in [-0.4, -0.2) is 9.04 Å². The van der Waals surface area contributed by atoms with E-state index in [4.69, 9.17) is 4.43 Å². The molecule has 1 nitrogen and oxygen atoms in total. The first-order chi connectivity index (χ1) is 7.89. The summed E-state index contributed by atoms with van der Waals surface area (Å²) in [6.45, 7) is 11.2. The molecule has 0 N–H and O–H groups in total. The van der Waals surface area contributed by atoms with Gasteiger partial charge >= 0.3 is 0 Å². The molecule has 0 amide bonds. The molecule has 1 unspecified atom stereocenters. The van der Waals surface area contributed by atoms with Gasteiger partial charge < -0.3 is 4.43 Å². The third-order valence-corrected chi connectivity index (χ3v) is 3.80. The predicted octanol–water partition coefficient (Wildman–Crippen LogP) is 4.44. The highest BCUT2D eigenvalue weighted by atomic mass is 28.3. The summed E-state index contributed by atoms with van der Waals surface area (Å²) in [4.78, 5) is 0. The molecule has 1 aromatic carbocycles. The average molecular weight is 245 g/mol. The van der Waals surface area contributed by atoms with Gasteiger partial charge in [0.15, 0.2) is 0 Å². The fourth-order valence-electron chi connectivity index (χ4n) is 2.26. The summed E-state index contributed by atoms with van der Waals surface area (Å²) in [5.41, 5.74) is 4.24. The minimum absolute atomic E-state index is 0.168. The van der Waals surface area contributed by atoms with Crippen molar-refractivity contribution in [2.75, 3.05) is 0 Å². The van der Waals surface area contributed by atoms with Gasteiger partial charge in [0, 0.05) is 0 Å². The first kappa shape index (κ1) is 12.6. The zero-order valence-electron chi connectivity index (χ0n) is 11.4. The molecule has 1 radical (unpaired) electrons. The van der Waals surface area contributed by atoms with E-state index in [1.54, 1.807) is 0 Å². The maximum absolute atomic E-state index is 6.21. The molecule has 0 aliphatic heterocycles. The number of fused-ring (bicyclic) bond motifs is 1. The van der Waals surface area contributed by atoms with Gasteiger partial charge in [-0.15, -0.1) is 0 Å². The van der Waals surface area contributed by atoms with Gasteiger partial charge in [0.2, 0.25) is 9.04 Å². The second-order valence-corrected chi connectivity index (χ2v) is 7.94. The summed E-state index contributed by atoms with van der Waals surface area (Å²) in [5.74, 6) is 0. The van der Waals surface area contributed by atoms with Crippen molar-refractivity contribution in [3.05, 3.63) is 41.0 Å². The third-order valence-electron chi connectivity index (χ3n) is 3.09. The van der Waals surface area contributed by atoms with Crippen molar-refractivity contribution in [1.82, 2.24) is 0 Å². The Morgan fingerprint density at radius 1 is 1.12 bits per heavy atom. The summed E-state index contributed by atoms with van der Waals surface area (Å²) >= 11 is 0. The molecule has 1 aliphatic carbocycles. The van der Waals surface area contributed by atoms with Gasteiger partial charge in [-0.3, -0.25) is 0 Å². The molecule has 1 aliphatic rings. The molecule has 91 valence electrons. The summed E-state index contributed by atoms with van der Waals surface area (Å²) in [5, 5.41) is 0. The van der Waals surface area contributed by atoms with Crippen LogP contribution in [0.2, 0.25) is 13.1 Å². The minimum Gasteiger partial charge on any atom is -0.407 e. The van der Waals surface area contributed by atoms with Crippen LogP contribution < -0.4 is 0 Å². The zero-order valence-corrected chi connectivity index (χ0v) is 12.4. The lowest BCUT2D eigenvalue weighted by atomic mass is 9.84. The van der Waals surface area contributed by atoms with Crippen molar-refractivity contribution in [3.8, 4) is 0 Å². The molecule has 2 rings (SSSR count). The van der Waals surface area contributed by atoms with Crippen LogP contribution in [-0.2, 0) is 4.43 Å². The first-order valence-corrected chi connectivity index (χ1v) is 8.58. The van der Waals surface area contributed by atoms with E-state index in [1.165, 1.54) is 16.7 Å². The van der Waals surface area contributed by atoms with E-state index in [1.807, 2.05) is 0 Å². The Morgan fingerprint density at radius 2 is 1.76 bits per heavy atom. The van der Waals surface area contributed by atoms with Gasteiger partial charge in [-0.1, -0.05) is 51.1 Å². The molecular formula is C15H21OSi. The zero-order chi connectivity index (χ0) is 12.6. The summed E-state index contributed by atoms with van der Waals surface area (Å²) < 4.78 is 6.21. The molecule has 17 heavy (non-hydrogen) atoms. The van der Waals surface area contributed by atoms with E-state index in [0.717, 1.165) is 0 Å². The predicted molar refractivity (Wildman–Crippen MR) is 75.2 cm³/mol. The molecule has 0 aromatic heterocycles. The van der Waals surface area contributed by atoms with Crippen LogP contribution in [0, 0.1) is 5.41 Å². The molecule has 2 heteroatoms. The standard InChI is InChI=1S/C15H21OSi/c1-15(2,3)13-10-11-8-6-7-9-12(11)14(13)16-17(4)5/h6-10,14H,1-5H3. The normalized spacial score (nSPS) is 19.4. The fraction of sp³-hybridized carbons (Fsp3) is 0.467. The molecule has 0 spiro atoms. The quantitative estimate of drug-likeness (QED) is 0.700. The molecule has 1 aromatic rings. The second kappa shape index (κ2) is 4.43. The van der Waals surface area contributed by atoms with E-state index in [-0.39, 0.29) is 11.5 Å². The van der Waals surface area contributed by atoms with Crippen LogP contribution in [0.15, 0.2) is 29.8 Å². The first-order valence-electron chi connectivity index (χ1n) is 6.17. The molecule has 1 atom stereocenters. The molecule has 0 bridgehead atoms. The topological polar surface area (TPSA) is 9.23 Å². The lowest BCUT2D eigenvalue weighted by Crippen LogP contribution is -2.20. The van der Waals surface area contributed by atoms with E-state index >= 15 is 0 Å². The van der Waals surface area contributed by atoms with Crippen molar-refractivity contribution in [2.45, 2.75) is 40.0 Å². The fourth-order valence-corrected chi connectivity index (χ4v) is 2.99. The SMILES string of the molecule is C[Si](C)OC1C(C(C)(C)C)=Cc2ccccc21.